The van der Waals surface area contributed by atoms with Crippen molar-refractivity contribution in [3.05, 3.63) is 77.9 Å². The molecule has 3 nitrogen and oxygen atoms in total. The first kappa shape index (κ1) is 16.5. The number of aromatic nitrogens is 1. The third kappa shape index (κ3) is 3.58. The molecule has 3 aromatic rings. The van der Waals surface area contributed by atoms with Gasteiger partial charge in [0.25, 0.3) is 0 Å². The minimum absolute atomic E-state index is 0.160. The largest absolute Gasteiger partial charge is 0.772 e. The van der Waals surface area contributed by atoms with Gasteiger partial charge in [0.15, 0.2) is 0 Å². The van der Waals surface area contributed by atoms with Gasteiger partial charge in [-0.3, -0.25) is 9.19 Å². The Morgan fingerprint density at radius 3 is 2.42 bits per heavy atom. The van der Waals surface area contributed by atoms with Crippen molar-refractivity contribution < 1.29 is 13.2 Å². The van der Waals surface area contributed by atoms with Crippen LogP contribution >= 0.6 is 0 Å². The van der Waals surface area contributed by atoms with Gasteiger partial charge in [0.2, 0.25) is 0 Å². The normalized spacial score (nSPS) is 12.1. The second-order valence-electron chi connectivity index (χ2n) is 5.54. The summed E-state index contributed by atoms with van der Waals surface area (Å²) in [6.07, 6.45) is 3.39. The van der Waals surface area contributed by atoms with Crippen LogP contribution in [-0.4, -0.2) is 13.7 Å². The van der Waals surface area contributed by atoms with Gasteiger partial charge in [-0.2, -0.15) is 0 Å². The van der Waals surface area contributed by atoms with Crippen molar-refractivity contribution in [1.82, 2.24) is 4.98 Å². The Kier molecular flexibility index (Phi) is 4.83. The highest BCUT2D eigenvalue weighted by molar-refractivity contribution is 7.78. The van der Waals surface area contributed by atoms with Crippen molar-refractivity contribution in [1.29, 1.82) is 0 Å². The Bertz CT molecular complexity index is 894. The Morgan fingerprint density at radius 2 is 1.75 bits per heavy atom. The zero-order valence-corrected chi connectivity index (χ0v) is 13.8. The lowest BCUT2D eigenvalue weighted by molar-refractivity contribution is 0.533. The third-order valence-corrected chi connectivity index (χ3v) is 4.37. The van der Waals surface area contributed by atoms with E-state index in [0.29, 0.717) is 5.56 Å². The summed E-state index contributed by atoms with van der Waals surface area (Å²) in [6, 6.07) is 14.5. The topological polar surface area (TPSA) is 53.0 Å². The predicted molar refractivity (Wildman–Crippen MR) is 92.4 cm³/mol. The van der Waals surface area contributed by atoms with Crippen LogP contribution in [0.15, 0.2) is 60.9 Å². The second-order valence-corrected chi connectivity index (χ2v) is 6.44. The van der Waals surface area contributed by atoms with E-state index in [0.717, 1.165) is 22.3 Å². The molecule has 1 aromatic heterocycles. The van der Waals surface area contributed by atoms with E-state index < -0.39 is 16.9 Å². The molecule has 0 bridgehead atoms. The number of aryl methyl sites for hydroxylation is 1. The number of hydrogen-bond acceptors (Lipinski definition) is 3. The van der Waals surface area contributed by atoms with Gasteiger partial charge in [0, 0.05) is 23.7 Å². The fraction of sp³-hybridized carbons (Fsp3) is 0.105. The molecule has 0 spiro atoms. The fourth-order valence-corrected chi connectivity index (χ4v) is 3.06. The molecule has 1 heterocycles. The van der Waals surface area contributed by atoms with Gasteiger partial charge in [-0.15, -0.1) is 0 Å². The van der Waals surface area contributed by atoms with E-state index in [2.05, 4.69) is 4.98 Å². The second kappa shape index (κ2) is 7.03. The molecule has 0 fully saturated rings. The van der Waals surface area contributed by atoms with Crippen LogP contribution in [0, 0.1) is 12.7 Å². The van der Waals surface area contributed by atoms with Crippen LogP contribution in [0.3, 0.4) is 0 Å². The van der Waals surface area contributed by atoms with Crippen LogP contribution in [0.1, 0.15) is 11.1 Å². The summed E-state index contributed by atoms with van der Waals surface area (Å²) in [6.45, 7) is 2.02. The zero-order chi connectivity index (χ0) is 17.1. The summed E-state index contributed by atoms with van der Waals surface area (Å²) >= 11 is -2.32. The van der Waals surface area contributed by atoms with E-state index >= 15 is 0 Å². The zero-order valence-electron chi connectivity index (χ0n) is 13.0. The molecule has 3 rings (SSSR count). The molecule has 0 saturated heterocycles. The van der Waals surface area contributed by atoms with Gasteiger partial charge in [0.05, 0.1) is 0 Å². The molecule has 122 valence electrons. The van der Waals surface area contributed by atoms with Crippen LogP contribution < -0.4 is 0 Å². The van der Waals surface area contributed by atoms with Crippen LogP contribution in [-0.2, 0) is 16.8 Å². The number of nitrogens with zero attached hydrogens (tertiary/aromatic N) is 1. The van der Waals surface area contributed by atoms with Crippen molar-refractivity contribution in [3.8, 4) is 22.3 Å². The van der Waals surface area contributed by atoms with Gasteiger partial charge in [-0.25, -0.2) is 4.39 Å². The number of halogens is 1. The van der Waals surface area contributed by atoms with Crippen molar-refractivity contribution in [2.24, 2.45) is 0 Å². The molecule has 0 aliphatic carbocycles. The highest BCUT2D eigenvalue weighted by Crippen LogP contribution is 2.32. The summed E-state index contributed by atoms with van der Waals surface area (Å²) in [5.41, 5.74) is 4.75. The molecular weight excluding hydrogens is 325 g/mol. The Labute approximate surface area is 142 Å². The number of benzene rings is 2. The highest BCUT2D eigenvalue weighted by atomic mass is 32.2. The number of pyridine rings is 1. The summed E-state index contributed by atoms with van der Waals surface area (Å²) in [7, 11) is 0. The van der Waals surface area contributed by atoms with Gasteiger partial charge in [-0.05, 0) is 41.3 Å². The standard InChI is InChI=1S/C19H16FNO2S/c1-13-2-4-14(5-3-13)17-8-9-21-11-18(17)15-6-7-16(12-24(22)23)19(20)10-15/h2-11H,12H2,1H3,(H,22,23)/p-1. The first-order valence-corrected chi connectivity index (χ1v) is 8.65. The average molecular weight is 340 g/mol. The van der Waals surface area contributed by atoms with E-state index in [1.807, 2.05) is 37.3 Å². The molecule has 2 aromatic carbocycles. The molecule has 0 radical (unpaired) electrons. The average Bonchev–Trinajstić information content (AvgIpc) is 2.57. The van der Waals surface area contributed by atoms with Crippen LogP contribution in [0.25, 0.3) is 22.3 Å². The van der Waals surface area contributed by atoms with E-state index in [-0.39, 0.29) is 11.3 Å². The molecule has 0 amide bonds. The molecule has 1 unspecified atom stereocenters. The summed E-state index contributed by atoms with van der Waals surface area (Å²) in [5, 5.41) is 0. The lowest BCUT2D eigenvalue weighted by atomic mass is 9.95. The minimum atomic E-state index is -2.32. The Hall–Kier alpha value is -2.37. The molecule has 0 saturated carbocycles. The van der Waals surface area contributed by atoms with Crippen molar-refractivity contribution in [2.75, 3.05) is 0 Å². The molecule has 24 heavy (non-hydrogen) atoms. The molecular formula is C19H15FNO2S-. The van der Waals surface area contributed by atoms with E-state index in [4.69, 9.17) is 0 Å². The maximum Gasteiger partial charge on any atom is 0.127 e. The number of hydrogen-bond donors (Lipinski definition) is 0. The number of rotatable bonds is 4. The maximum atomic E-state index is 14.2. The predicted octanol–water partition coefficient (Wildman–Crippen LogP) is 4.24. The molecule has 0 N–H and O–H groups in total. The quantitative estimate of drug-likeness (QED) is 0.668. The van der Waals surface area contributed by atoms with Gasteiger partial charge in [0.1, 0.15) is 5.82 Å². The van der Waals surface area contributed by atoms with E-state index in [1.54, 1.807) is 18.5 Å². The van der Waals surface area contributed by atoms with E-state index in [9.17, 15) is 13.2 Å². The first-order chi connectivity index (χ1) is 11.5. The Balaban J connectivity index is 2.06. The van der Waals surface area contributed by atoms with Gasteiger partial charge in [-0.1, -0.05) is 53.0 Å². The van der Waals surface area contributed by atoms with Gasteiger partial charge < -0.3 is 4.55 Å². The van der Waals surface area contributed by atoms with Crippen LogP contribution in [0.5, 0.6) is 0 Å². The van der Waals surface area contributed by atoms with Gasteiger partial charge >= 0.3 is 0 Å². The van der Waals surface area contributed by atoms with Crippen molar-refractivity contribution >= 4 is 11.1 Å². The van der Waals surface area contributed by atoms with Crippen LogP contribution in [0.2, 0.25) is 0 Å². The maximum absolute atomic E-state index is 14.2. The molecule has 5 heteroatoms. The lowest BCUT2D eigenvalue weighted by Crippen LogP contribution is -1.97. The first-order valence-electron chi connectivity index (χ1n) is 7.40. The third-order valence-electron chi connectivity index (χ3n) is 3.82. The molecule has 0 aliphatic heterocycles. The fourth-order valence-electron chi connectivity index (χ4n) is 2.57. The lowest BCUT2D eigenvalue weighted by Gasteiger charge is -2.12. The highest BCUT2D eigenvalue weighted by Gasteiger charge is 2.10. The SMILES string of the molecule is Cc1ccc(-c2ccncc2-c2ccc(CS(=O)[O-])c(F)c2)cc1. The summed E-state index contributed by atoms with van der Waals surface area (Å²) in [5.74, 6) is -0.861. The van der Waals surface area contributed by atoms with Crippen LogP contribution in [0.4, 0.5) is 4.39 Å². The minimum Gasteiger partial charge on any atom is -0.772 e. The van der Waals surface area contributed by atoms with E-state index in [1.165, 1.54) is 12.1 Å². The smallest absolute Gasteiger partial charge is 0.127 e. The van der Waals surface area contributed by atoms with Crippen molar-refractivity contribution in [2.45, 2.75) is 12.7 Å². The summed E-state index contributed by atoms with van der Waals surface area (Å²) in [4.78, 5) is 4.14. The molecule has 0 aliphatic rings. The monoisotopic (exact) mass is 340 g/mol. The van der Waals surface area contributed by atoms with Crippen molar-refractivity contribution in [3.63, 3.8) is 0 Å². The Morgan fingerprint density at radius 1 is 1.04 bits per heavy atom. The summed E-state index contributed by atoms with van der Waals surface area (Å²) < 4.78 is 35.7. The molecule has 1 atom stereocenters.